The molecule has 0 aromatic heterocycles. The molecule has 0 unspecified atom stereocenters. The number of halogens is 3. The molecule has 1 heterocycles. The highest BCUT2D eigenvalue weighted by Gasteiger charge is 2.25. The average Bonchev–Trinajstić information content (AvgIpc) is 2.16. The average molecular weight is 311 g/mol. The Morgan fingerprint density at radius 2 is 2.25 bits per heavy atom. The van der Waals surface area contributed by atoms with Gasteiger partial charge in [0.15, 0.2) is 0 Å². The fourth-order valence-electron chi connectivity index (χ4n) is 1.73. The number of rotatable bonds is 1. The summed E-state index contributed by atoms with van der Waals surface area (Å²) in [6.07, 6.45) is 0.198. The van der Waals surface area contributed by atoms with Crippen molar-refractivity contribution in [1.29, 1.82) is 0 Å². The molecule has 3 nitrogen and oxygen atoms in total. The van der Waals surface area contributed by atoms with Crippen LogP contribution in [0, 0.1) is 5.82 Å². The van der Waals surface area contributed by atoms with Crippen LogP contribution >= 0.6 is 28.3 Å². The summed E-state index contributed by atoms with van der Waals surface area (Å²) in [7, 11) is 0. The van der Waals surface area contributed by atoms with Crippen molar-refractivity contribution in [1.82, 2.24) is 5.32 Å². The van der Waals surface area contributed by atoms with E-state index in [1.165, 1.54) is 6.07 Å². The van der Waals surface area contributed by atoms with Gasteiger partial charge in [0.1, 0.15) is 11.9 Å². The number of benzene rings is 1. The molecule has 1 aromatic carbocycles. The second-order valence-electron chi connectivity index (χ2n) is 3.50. The Hall–Kier alpha value is -0.650. The highest BCUT2D eigenvalue weighted by atomic mass is 79.9. The molecule has 0 spiro atoms. The molecule has 0 saturated heterocycles. The molecule has 1 aromatic rings. The van der Waals surface area contributed by atoms with Gasteiger partial charge in [-0.05, 0) is 23.3 Å². The van der Waals surface area contributed by atoms with Gasteiger partial charge >= 0.3 is 5.97 Å². The zero-order valence-corrected chi connectivity index (χ0v) is 10.6. The van der Waals surface area contributed by atoms with Crippen LogP contribution in [0.5, 0.6) is 0 Å². The van der Waals surface area contributed by atoms with E-state index in [1.807, 2.05) is 6.07 Å². The Kier molecular flexibility index (Phi) is 4.29. The lowest BCUT2D eigenvalue weighted by molar-refractivity contribution is -0.139. The molecule has 0 radical (unpaired) electrons. The van der Waals surface area contributed by atoms with Crippen molar-refractivity contribution in [3.8, 4) is 0 Å². The fourth-order valence-corrected chi connectivity index (χ4v) is 2.20. The first-order valence-electron chi connectivity index (χ1n) is 4.51. The van der Waals surface area contributed by atoms with E-state index in [2.05, 4.69) is 21.2 Å². The largest absolute Gasteiger partial charge is 0.480 e. The molecule has 0 bridgehead atoms. The van der Waals surface area contributed by atoms with Gasteiger partial charge in [-0.25, -0.2) is 4.39 Å². The van der Waals surface area contributed by atoms with Crippen molar-refractivity contribution in [2.45, 2.75) is 19.0 Å². The van der Waals surface area contributed by atoms with E-state index in [-0.39, 0.29) is 24.6 Å². The van der Waals surface area contributed by atoms with Gasteiger partial charge in [0.2, 0.25) is 0 Å². The van der Waals surface area contributed by atoms with E-state index in [9.17, 15) is 9.18 Å². The summed E-state index contributed by atoms with van der Waals surface area (Å²) in [6, 6.07) is 2.49. The second-order valence-corrected chi connectivity index (χ2v) is 4.42. The summed E-state index contributed by atoms with van der Waals surface area (Å²) in [5, 5.41) is 11.7. The van der Waals surface area contributed by atoms with E-state index in [0.717, 1.165) is 5.56 Å². The number of carboxylic acid groups (broad SMARTS) is 1. The first kappa shape index (κ1) is 13.4. The van der Waals surface area contributed by atoms with Crippen molar-refractivity contribution in [2.24, 2.45) is 0 Å². The Labute approximate surface area is 107 Å². The van der Waals surface area contributed by atoms with Crippen LogP contribution < -0.4 is 5.32 Å². The minimum Gasteiger partial charge on any atom is -0.480 e. The smallest absolute Gasteiger partial charge is 0.321 e. The number of nitrogens with one attached hydrogen (secondary N) is 1. The van der Waals surface area contributed by atoms with E-state index >= 15 is 0 Å². The van der Waals surface area contributed by atoms with Crippen LogP contribution in [-0.2, 0) is 17.8 Å². The minimum atomic E-state index is -0.942. The molecule has 1 aliphatic heterocycles. The SMILES string of the molecule is Cl.O=C(O)[C@@H]1Cc2c(F)cc(Br)cc2CN1. The van der Waals surface area contributed by atoms with Gasteiger partial charge < -0.3 is 10.4 Å². The topological polar surface area (TPSA) is 49.3 Å². The lowest BCUT2D eigenvalue weighted by Gasteiger charge is -2.23. The maximum absolute atomic E-state index is 13.5. The summed E-state index contributed by atoms with van der Waals surface area (Å²) in [5.74, 6) is -1.28. The van der Waals surface area contributed by atoms with E-state index in [1.54, 1.807) is 0 Å². The molecule has 0 amide bonds. The molecule has 88 valence electrons. The van der Waals surface area contributed by atoms with Gasteiger partial charge in [-0.3, -0.25) is 4.79 Å². The normalized spacial score (nSPS) is 18.5. The Morgan fingerprint density at radius 3 is 2.88 bits per heavy atom. The van der Waals surface area contributed by atoms with Gasteiger partial charge in [0.05, 0.1) is 0 Å². The molecule has 0 saturated carbocycles. The fraction of sp³-hybridized carbons (Fsp3) is 0.300. The Morgan fingerprint density at radius 1 is 1.56 bits per heavy atom. The van der Waals surface area contributed by atoms with Crippen molar-refractivity contribution < 1.29 is 14.3 Å². The van der Waals surface area contributed by atoms with Crippen molar-refractivity contribution >= 4 is 34.3 Å². The van der Waals surface area contributed by atoms with E-state index in [0.29, 0.717) is 16.6 Å². The third-order valence-electron chi connectivity index (χ3n) is 2.50. The molecule has 0 aliphatic carbocycles. The maximum atomic E-state index is 13.5. The zero-order valence-electron chi connectivity index (χ0n) is 8.17. The molecule has 16 heavy (non-hydrogen) atoms. The molecule has 1 aliphatic rings. The highest BCUT2D eigenvalue weighted by Crippen LogP contribution is 2.24. The Bertz CT molecular complexity index is 428. The maximum Gasteiger partial charge on any atom is 0.321 e. The number of carboxylic acids is 1. The third-order valence-corrected chi connectivity index (χ3v) is 2.96. The number of fused-ring (bicyclic) bond motifs is 1. The van der Waals surface area contributed by atoms with Gasteiger partial charge in [-0.1, -0.05) is 15.9 Å². The third kappa shape index (κ3) is 2.53. The molecular formula is C10H10BrClFNO2. The number of aliphatic carboxylic acids is 1. The number of hydrogen-bond acceptors (Lipinski definition) is 2. The summed E-state index contributed by atoms with van der Waals surface area (Å²) in [6.45, 7) is 0.392. The van der Waals surface area contributed by atoms with Crippen molar-refractivity contribution in [3.05, 3.63) is 33.5 Å². The van der Waals surface area contributed by atoms with E-state index < -0.39 is 12.0 Å². The summed E-state index contributed by atoms with van der Waals surface area (Å²) >= 11 is 3.20. The van der Waals surface area contributed by atoms with Gasteiger partial charge in [0.25, 0.3) is 0 Å². The molecule has 2 N–H and O–H groups in total. The first-order valence-corrected chi connectivity index (χ1v) is 5.30. The summed E-state index contributed by atoms with van der Waals surface area (Å²) in [5.41, 5.74) is 1.32. The van der Waals surface area contributed by atoms with Gasteiger partial charge in [0, 0.05) is 17.4 Å². The first-order chi connectivity index (χ1) is 7.08. The quantitative estimate of drug-likeness (QED) is 0.835. The Balaban J connectivity index is 0.00000128. The lowest BCUT2D eigenvalue weighted by atomic mass is 9.95. The lowest BCUT2D eigenvalue weighted by Crippen LogP contribution is -2.42. The zero-order chi connectivity index (χ0) is 11.0. The van der Waals surface area contributed by atoms with Crippen LogP contribution in [0.2, 0.25) is 0 Å². The van der Waals surface area contributed by atoms with Crippen LogP contribution in [0.3, 0.4) is 0 Å². The summed E-state index contributed by atoms with van der Waals surface area (Å²) < 4.78 is 14.2. The van der Waals surface area contributed by atoms with Crippen molar-refractivity contribution in [3.63, 3.8) is 0 Å². The van der Waals surface area contributed by atoms with Gasteiger partial charge in [-0.2, -0.15) is 0 Å². The monoisotopic (exact) mass is 309 g/mol. The van der Waals surface area contributed by atoms with Gasteiger partial charge in [-0.15, -0.1) is 12.4 Å². The molecule has 0 fully saturated rings. The van der Waals surface area contributed by atoms with Crippen LogP contribution in [-0.4, -0.2) is 17.1 Å². The molecule has 6 heteroatoms. The molecule has 2 rings (SSSR count). The predicted octanol–water partition coefficient (Wildman–Crippen LogP) is 2.11. The van der Waals surface area contributed by atoms with Crippen LogP contribution in [0.1, 0.15) is 11.1 Å². The van der Waals surface area contributed by atoms with Crippen LogP contribution in [0.25, 0.3) is 0 Å². The number of carbonyl (C=O) groups is 1. The van der Waals surface area contributed by atoms with E-state index in [4.69, 9.17) is 5.11 Å². The second kappa shape index (κ2) is 5.12. The van der Waals surface area contributed by atoms with Crippen molar-refractivity contribution in [2.75, 3.05) is 0 Å². The molecule has 1 atom stereocenters. The van der Waals surface area contributed by atoms with Crippen LogP contribution in [0.15, 0.2) is 16.6 Å². The predicted molar refractivity (Wildman–Crippen MR) is 63.3 cm³/mol. The minimum absolute atomic E-state index is 0. The number of hydrogen-bond donors (Lipinski definition) is 2. The van der Waals surface area contributed by atoms with Crippen LogP contribution in [0.4, 0.5) is 4.39 Å². The summed E-state index contributed by atoms with van der Waals surface area (Å²) in [4.78, 5) is 10.7. The standard InChI is InChI=1S/C10H9BrFNO2.ClH/c11-6-1-5-4-13-9(10(14)15)3-7(5)8(12)2-6;/h1-2,9,13H,3-4H2,(H,14,15);1H/t9-;/m0./s1. The highest BCUT2D eigenvalue weighted by molar-refractivity contribution is 9.10. The molecular weight excluding hydrogens is 300 g/mol.